The van der Waals surface area contributed by atoms with E-state index in [0.29, 0.717) is 23.7 Å². The van der Waals surface area contributed by atoms with Gasteiger partial charge in [0.15, 0.2) is 11.5 Å². The summed E-state index contributed by atoms with van der Waals surface area (Å²) in [5, 5.41) is 11.2. The van der Waals surface area contributed by atoms with E-state index in [2.05, 4.69) is 10.1 Å². The van der Waals surface area contributed by atoms with Gasteiger partial charge >= 0.3 is 18.0 Å². The van der Waals surface area contributed by atoms with Gasteiger partial charge in [-0.1, -0.05) is 18.2 Å². The summed E-state index contributed by atoms with van der Waals surface area (Å²) < 4.78 is 16.2. The summed E-state index contributed by atoms with van der Waals surface area (Å²) in [4.78, 5) is 61.8. The average molecular weight is 545 g/mol. The number of nitrogens with zero attached hydrogens (tertiary/aromatic N) is 1. The molecule has 0 aromatic heterocycles. The molecule has 204 valence electrons. The van der Waals surface area contributed by atoms with Crippen LogP contribution in [0.15, 0.2) is 72.3 Å². The van der Waals surface area contributed by atoms with Crippen LogP contribution in [0.25, 0.3) is 6.08 Å². The van der Waals surface area contributed by atoms with E-state index in [-0.39, 0.29) is 29.0 Å². The number of ether oxygens (including phenoxy) is 3. The van der Waals surface area contributed by atoms with Crippen LogP contribution < -0.4 is 19.7 Å². The first kappa shape index (κ1) is 27.6. The van der Waals surface area contributed by atoms with E-state index in [1.165, 1.54) is 49.6 Å². The number of hydrogen-bond donors (Lipinski definition) is 2. The van der Waals surface area contributed by atoms with E-state index >= 15 is 0 Å². The minimum absolute atomic E-state index is 0.146. The molecule has 0 radical (unpaired) electrons. The topological polar surface area (TPSA) is 149 Å². The number of amides is 4. The Labute approximate surface area is 228 Å². The first-order chi connectivity index (χ1) is 19.2. The van der Waals surface area contributed by atoms with Crippen molar-refractivity contribution in [1.29, 1.82) is 0 Å². The Morgan fingerprint density at radius 1 is 0.900 bits per heavy atom. The second-order valence-corrected chi connectivity index (χ2v) is 8.43. The molecule has 3 aromatic carbocycles. The fourth-order valence-corrected chi connectivity index (χ4v) is 3.83. The number of rotatable bonds is 9. The minimum Gasteiger partial charge on any atom is -0.490 e. The fraction of sp³-hybridized carbons (Fsp3) is 0.138. The van der Waals surface area contributed by atoms with Crippen molar-refractivity contribution < 1.29 is 43.3 Å². The third-order valence-corrected chi connectivity index (χ3v) is 5.82. The molecular weight excluding hydrogens is 520 g/mol. The first-order valence-electron chi connectivity index (χ1n) is 12.0. The highest BCUT2D eigenvalue weighted by Crippen LogP contribution is 2.31. The monoisotopic (exact) mass is 544 g/mol. The number of nitrogens with one attached hydrogen (secondary N) is 1. The maximum atomic E-state index is 13.2. The smallest absolute Gasteiger partial charge is 0.337 e. The number of carbonyl (C=O) groups excluding carboxylic acids is 4. The molecule has 0 saturated carbocycles. The molecule has 4 amide bonds. The molecule has 1 aliphatic heterocycles. The quantitative estimate of drug-likeness (QED) is 0.233. The molecule has 11 nitrogen and oxygen atoms in total. The summed E-state index contributed by atoms with van der Waals surface area (Å²) in [5.74, 6) is -2.55. The van der Waals surface area contributed by atoms with Crippen LogP contribution in [-0.4, -0.2) is 48.6 Å². The molecule has 0 bridgehead atoms. The molecule has 0 spiro atoms. The van der Waals surface area contributed by atoms with Crippen LogP contribution >= 0.6 is 0 Å². The van der Waals surface area contributed by atoms with Gasteiger partial charge in [0.2, 0.25) is 0 Å². The zero-order chi connectivity index (χ0) is 28.8. The van der Waals surface area contributed by atoms with E-state index in [1.54, 1.807) is 37.3 Å². The average Bonchev–Trinajstić information content (AvgIpc) is 2.95. The molecule has 1 fully saturated rings. The number of esters is 1. The lowest BCUT2D eigenvalue weighted by Crippen LogP contribution is -2.54. The van der Waals surface area contributed by atoms with Crippen molar-refractivity contribution in [3.8, 4) is 11.5 Å². The third-order valence-electron chi connectivity index (χ3n) is 5.82. The van der Waals surface area contributed by atoms with Gasteiger partial charge in [-0.15, -0.1) is 0 Å². The molecule has 1 saturated heterocycles. The maximum absolute atomic E-state index is 13.2. The van der Waals surface area contributed by atoms with Gasteiger partial charge in [0.25, 0.3) is 11.8 Å². The fourth-order valence-electron chi connectivity index (χ4n) is 3.83. The largest absolute Gasteiger partial charge is 0.490 e. The highest BCUT2D eigenvalue weighted by atomic mass is 16.5. The summed E-state index contributed by atoms with van der Waals surface area (Å²) in [5.41, 5.74) is 1.44. The number of hydrogen-bond acceptors (Lipinski definition) is 8. The number of anilines is 1. The van der Waals surface area contributed by atoms with E-state index in [0.717, 1.165) is 10.5 Å². The molecule has 1 heterocycles. The molecule has 0 unspecified atom stereocenters. The Bertz CT molecular complexity index is 1510. The molecular formula is C29H24N2O9. The summed E-state index contributed by atoms with van der Waals surface area (Å²) in [6.45, 7) is 2.24. The number of imide groups is 2. The summed E-state index contributed by atoms with van der Waals surface area (Å²) in [7, 11) is 1.23. The van der Waals surface area contributed by atoms with Crippen LogP contribution in [-0.2, 0) is 20.9 Å². The molecule has 4 rings (SSSR count). The summed E-state index contributed by atoms with van der Waals surface area (Å²) >= 11 is 0. The molecule has 0 aliphatic carbocycles. The lowest BCUT2D eigenvalue weighted by molar-refractivity contribution is -0.122. The Morgan fingerprint density at radius 2 is 1.57 bits per heavy atom. The van der Waals surface area contributed by atoms with E-state index in [4.69, 9.17) is 14.6 Å². The first-order valence-corrected chi connectivity index (χ1v) is 12.0. The Morgan fingerprint density at radius 3 is 2.20 bits per heavy atom. The molecule has 11 heteroatoms. The van der Waals surface area contributed by atoms with Crippen molar-refractivity contribution in [2.45, 2.75) is 13.5 Å². The maximum Gasteiger partial charge on any atom is 0.337 e. The van der Waals surface area contributed by atoms with Crippen LogP contribution in [0.4, 0.5) is 10.5 Å². The predicted molar refractivity (Wildman–Crippen MR) is 142 cm³/mol. The van der Waals surface area contributed by atoms with E-state index in [1.807, 2.05) is 0 Å². The summed E-state index contributed by atoms with van der Waals surface area (Å²) in [6.07, 6.45) is 1.33. The number of carboxylic acids is 1. The second-order valence-electron chi connectivity index (χ2n) is 8.43. The zero-order valence-electron chi connectivity index (χ0n) is 21.5. The molecule has 1 aliphatic rings. The number of benzene rings is 3. The number of urea groups is 1. The molecule has 2 N–H and O–H groups in total. The SMILES string of the molecule is CCOc1cc(/C=C2\C(=O)NC(=O)N(c3ccc(C(=O)OC)cc3)C2=O)ccc1OCc1ccc(C(=O)O)cc1. The van der Waals surface area contributed by atoms with Crippen LogP contribution in [0.3, 0.4) is 0 Å². The number of carbonyl (C=O) groups is 5. The van der Waals surface area contributed by atoms with Crippen molar-refractivity contribution in [3.63, 3.8) is 0 Å². The summed E-state index contributed by atoms with van der Waals surface area (Å²) in [6, 6.07) is 15.7. The number of carboxylic acid groups (broad SMARTS) is 1. The lowest BCUT2D eigenvalue weighted by Gasteiger charge is -2.26. The predicted octanol–water partition coefficient (Wildman–Crippen LogP) is 3.82. The van der Waals surface area contributed by atoms with Crippen LogP contribution in [0, 0.1) is 0 Å². The van der Waals surface area contributed by atoms with Gasteiger partial charge in [0.05, 0.1) is 30.5 Å². The van der Waals surface area contributed by atoms with E-state index < -0.39 is 29.8 Å². The molecule has 3 aromatic rings. The number of methoxy groups -OCH3 is 1. The molecule has 40 heavy (non-hydrogen) atoms. The van der Waals surface area contributed by atoms with Crippen molar-refractivity contribution in [1.82, 2.24) is 5.32 Å². The van der Waals surface area contributed by atoms with Gasteiger partial charge in [0.1, 0.15) is 12.2 Å². The van der Waals surface area contributed by atoms with Gasteiger partial charge in [0, 0.05) is 0 Å². The van der Waals surface area contributed by atoms with Crippen LogP contribution in [0.5, 0.6) is 11.5 Å². The highest BCUT2D eigenvalue weighted by Gasteiger charge is 2.37. The Kier molecular flexibility index (Phi) is 8.24. The van der Waals surface area contributed by atoms with Crippen molar-refractivity contribution in [2.24, 2.45) is 0 Å². The highest BCUT2D eigenvalue weighted by molar-refractivity contribution is 6.39. The van der Waals surface area contributed by atoms with Gasteiger partial charge in [-0.05, 0) is 72.7 Å². The van der Waals surface area contributed by atoms with Gasteiger partial charge in [-0.2, -0.15) is 0 Å². The van der Waals surface area contributed by atoms with Crippen molar-refractivity contribution >= 4 is 41.5 Å². The number of barbiturate groups is 1. The minimum atomic E-state index is -1.02. The Balaban J connectivity index is 1.57. The van der Waals surface area contributed by atoms with Gasteiger partial charge in [-0.25, -0.2) is 19.3 Å². The van der Waals surface area contributed by atoms with Gasteiger partial charge < -0.3 is 19.3 Å². The second kappa shape index (κ2) is 11.9. The van der Waals surface area contributed by atoms with Crippen molar-refractivity contribution in [3.05, 3.63) is 94.6 Å². The van der Waals surface area contributed by atoms with E-state index in [9.17, 15) is 24.0 Å². The van der Waals surface area contributed by atoms with Crippen molar-refractivity contribution in [2.75, 3.05) is 18.6 Å². The zero-order valence-corrected chi connectivity index (χ0v) is 21.5. The third kappa shape index (κ3) is 5.99. The van der Waals surface area contributed by atoms with Crippen LogP contribution in [0.1, 0.15) is 38.8 Å². The standard InChI is InChI=1S/C29H24N2O9/c1-3-39-24-15-18(6-13-23(24)40-16-17-4-7-19(8-5-17)27(34)35)14-22-25(32)30-29(37)31(26(22)33)21-11-9-20(10-12-21)28(36)38-2/h4-15H,3,16H2,1-2H3,(H,34,35)(H,30,32,37)/b22-14+. The number of aromatic carboxylic acids is 1. The van der Waals surface area contributed by atoms with Crippen LogP contribution in [0.2, 0.25) is 0 Å². The van der Waals surface area contributed by atoms with Gasteiger partial charge in [-0.3, -0.25) is 14.9 Å². The normalized spacial score (nSPS) is 14.1. The lowest BCUT2D eigenvalue weighted by atomic mass is 10.1. The Hall–Kier alpha value is -5.45. The molecule has 0 atom stereocenters.